The van der Waals surface area contributed by atoms with Crippen LogP contribution in [0.4, 0.5) is 0 Å². The van der Waals surface area contributed by atoms with Crippen LogP contribution < -0.4 is 5.32 Å². The summed E-state index contributed by atoms with van der Waals surface area (Å²) < 4.78 is 11.2. The molecule has 0 aliphatic carbocycles. The fourth-order valence-electron chi connectivity index (χ4n) is 10.5. The molecule has 8 N–H and O–H groups in total. The normalized spacial score (nSPS) is 19.7. The van der Waals surface area contributed by atoms with Crippen molar-refractivity contribution in [2.24, 2.45) is 0 Å². The molecule has 0 radical (unpaired) electrons. The Morgan fingerprint density at radius 3 is 1.22 bits per heavy atom. The van der Waals surface area contributed by atoms with Crippen LogP contribution in [-0.4, -0.2) is 110 Å². The zero-order chi connectivity index (χ0) is 56.8. The van der Waals surface area contributed by atoms with Gasteiger partial charge in [0.1, 0.15) is 36.6 Å². The number of hydrogen-bond acceptors (Lipinski definition) is 10. The van der Waals surface area contributed by atoms with Gasteiger partial charge in [-0.25, -0.2) is 0 Å². The summed E-state index contributed by atoms with van der Waals surface area (Å²) in [6.45, 7) is 3.46. The molecule has 1 fully saturated rings. The minimum absolute atomic E-state index is 0.246. The van der Waals surface area contributed by atoms with E-state index in [0.717, 1.165) is 44.9 Å². The van der Waals surface area contributed by atoms with E-state index in [0.29, 0.717) is 19.3 Å². The van der Waals surface area contributed by atoms with Crippen LogP contribution in [0.3, 0.4) is 0 Å². The van der Waals surface area contributed by atoms with Crippen LogP contribution in [0.15, 0.2) is 48.6 Å². The quantitative estimate of drug-likeness (QED) is 0.0215. The number of hydrogen-bond donors (Lipinski definition) is 8. The molecule has 0 bridgehead atoms. The van der Waals surface area contributed by atoms with Gasteiger partial charge in [-0.15, -0.1) is 0 Å². The summed E-state index contributed by atoms with van der Waals surface area (Å²) in [6.07, 6.45) is 60.4. The topological polar surface area (TPSA) is 189 Å². The van der Waals surface area contributed by atoms with Crippen molar-refractivity contribution in [3.05, 3.63) is 48.6 Å². The Kier molecular flexibility index (Phi) is 52.8. The van der Waals surface area contributed by atoms with Gasteiger partial charge in [0.05, 0.1) is 25.4 Å². The van der Waals surface area contributed by atoms with Crippen molar-refractivity contribution in [1.82, 2.24) is 5.32 Å². The lowest BCUT2D eigenvalue weighted by atomic mass is 9.98. The Labute approximate surface area is 479 Å². The first-order chi connectivity index (χ1) is 38.2. The molecular formula is C67H125NO10. The maximum atomic E-state index is 13.2. The summed E-state index contributed by atoms with van der Waals surface area (Å²) in [7, 11) is 0. The largest absolute Gasteiger partial charge is 0.394 e. The first-order valence-electron chi connectivity index (χ1n) is 33.0. The molecule has 11 heteroatoms. The number of allylic oxidation sites excluding steroid dienone is 8. The molecule has 9 unspecified atom stereocenters. The zero-order valence-electron chi connectivity index (χ0n) is 50.4. The van der Waals surface area contributed by atoms with E-state index in [-0.39, 0.29) is 12.8 Å². The SMILES string of the molecule is CCCCCCCCCCC/C=C\C/C=C\CCCCCCCCCCCCCCCCCCC(O)C(=O)NC(COC1OC(CO)C(O)C(O)C1O)C(O)C(O)CCC/C=C/CC/C=C/CCCCCCCCCCCC. The minimum Gasteiger partial charge on any atom is -0.394 e. The number of unbranched alkanes of at least 4 members (excludes halogenated alkanes) is 37. The van der Waals surface area contributed by atoms with Crippen LogP contribution in [0.2, 0.25) is 0 Å². The summed E-state index contributed by atoms with van der Waals surface area (Å²) in [6, 6.07) is -1.19. The maximum absolute atomic E-state index is 13.2. The van der Waals surface area contributed by atoms with E-state index in [9.17, 15) is 40.5 Å². The third-order valence-corrected chi connectivity index (χ3v) is 15.8. The van der Waals surface area contributed by atoms with E-state index in [4.69, 9.17) is 9.47 Å². The average Bonchev–Trinajstić information content (AvgIpc) is 3.45. The van der Waals surface area contributed by atoms with Gasteiger partial charge in [-0.1, -0.05) is 268 Å². The zero-order valence-corrected chi connectivity index (χ0v) is 50.4. The van der Waals surface area contributed by atoms with Gasteiger partial charge in [0.25, 0.3) is 0 Å². The van der Waals surface area contributed by atoms with Crippen LogP contribution >= 0.6 is 0 Å². The first kappa shape index (κ1) is 74.1. The molecule has 0 aromatic heterocycles. The number of nitrogens with one attached hydrogen (secondary N) is 1. The van der Waals surface area contributed by atoms with Crippen molar-refractivity contribution in [2.75, 3.05) is 13.2 Å². The van der Waals surface area contributed by atoms with Crippen molar-refractivity contribution in [3.63, 3.8) is 0 Å². The number of rotatable bonds is 57. The molecule has 9 atom stereocenters. The molecule has 1 aliphatic rings. The van der Waals surface area contributed by atoms with Crippen molar-refractivity contribution in [1.29, 1.82) is 0 Å². The average molecular weight is 1100 g/mol. The van der Waals surface area contributed by atoms with E-state index in [2.05, 4.69) is 67.8 Å². The van der Waals surface area contributed by atoms with Gasteiger partial charge in [0.15, 0.2) is 6.29 Å². The predicted octanol–water partition coefficient (Wildman–Crippen LogP) is 15.2. The van der Waals surface area contributed by atoms with E-state index < -0.39 is 74.2 Å². The van der Waals surface area contributed by atoms with E-state index in [1.54, 1.807) is 0 Å². The molecule has 1 saturated heterocycles. The van der Waals surface area contributed by atoms with Gasteiger partial charge in [-0.05, 0) is 83.5 Å². The highest BCUT2D eigenvalue weighted by atomic mass is 16.7. The Bertz CT molecular complexity index is 1410. The van der Waals surface area contributed by atoms with Gasteiger partial charge >= 0.3 is 0 Å². The monoisotopic (exact) mass is 1100 g/mol. The molecule has 78 heavy (non-hydrogen) atoms. The molecule has 1 aliphatic heterocycles. The van der Waals surface area contributed by atoms with Crippen molar-refractivity contribution < 1.29 is 50.0 Å². The third-order valence-electron chi connectivity index (χ3n) is 15.8. The number of aliphatic hydroxyl groups excluding tert-OH is 7. The fourth-order valence-corrected chi connectivity index (χ4v) is 10.5. The van der Waals surface area contributed by atoms with Crippen molar-refractivity contribution in [2.45, 2.75) is 358 Å². The molecule has 0 aromatic carbocycles. The number of carbonyl (C=O) groups is 1. The molecule has 0 saturated carbocycles. The summed E-state index contributed by atoms with van der Waals surface area (Å²) in [5, 5.41) is 76.3. The lowest BCUT2D eigenvalue weighted by molar-refractivity contribution is -0.303. The Morgan fingerprint density at radius 1 is 0.449 bits per heavy atom. The third kappa shape index (κ3) is 42.8. The van der Waals surface area contributed by atoms with Gasteiger partial charge < -0.3 is 50.5 Å². The smallest absolute Gasteiger partial charge is 0.249 e. The summed E-state index contributed by atoms with van der Waals surface area (Å²) >= 11 is 0. The van der Waals surface area contributed by atoms with Crippen molar-refractivity contribution in [3.8, 4) is 0 Å². The number of amides is 1. The Balaban J connectivity index is 2.22. The highest BCUT2D eigenvalue weighted by Gasteiger charge is 2.44. The molecule has 0 aromatic rings. The lowest BCUT2D eigenvalue weighted by Gasteiger charge is -2.40. The van der Waals surface area contributed by atoms with Crippen LogP contribution in [0.5, 0.6) is 0 Å². The first-order valence-corrected chi connectivity index (χ1v) is 33.0. The van der Waals surface area contributed by atoms with E-state index in [1.165, 1.54) is 212 Å². The highest BCUT2D eigenvalue weighted by molar-refractivity contribution is 5.80. The summed E-state index contributed by atoms with van der Waals surface area (Å²) in [4.78, 5) is 13.2. The Morgan fingerprint density at radius 2 is 0.808 bits per heavy atom. The Hall–Kier alpha value is -1.93. The molecular weight excluding hydrogens is 979 g/mol. The maximum Gasteiger partial charge on any atom is 0.249 e. The van der Waals surface area contributed by atoms with Crippen LogP contribution in [-0.2, 0) is 14.3 Å². The van der Waals surface area contributed by atoms with Gasteiger partial charge in [0, 0.05) is 0 Å². The molecule has 1 rings (SSSR count). The van der Waals surface area contributed by atoms with Gasteiger partial charge in [0.2, 0.25) is 5.91 Å². The van der Waals surface area contributed by atoms with Crippen LogP contribution in [0, 0.1) is 0 Å². The molecule has 1 amide bonds. The minimum atomic E-state index is -1.67. The predicted molar refractivity (Wildman–Crippen MR) is 325 cm³/mol. The molecule has 1 heterocycles. The molecule has 458 valence electrons. The number of ether oxygens (including phenoxy) is 2. The van der Waals surface area contributed by atoms with Crippen molar-refractivity contribution >= 4 is 5.91 Å². The number of carbonyl (C=O) groups excluding carboxylic acids is 1. The standard InChI is InChI=1S/C67H125NO10/c1-3-5-7-9-11-13-15-17-19-21-23-24-25-26-27-28-29-30-31-32-33-34-35-37-39-41-43-45-47-49-51-53-55-60(71)66(76)68-58(57-77-67-65(75)64(74)63(73)61(56-69)78-67)62(72)59(70)54-52-50-48-46-44-42-40-38-36-22-20-18-16-14-12-10-8-6-4-2/h23-24,26-27,38,40,46,48,58-65,67,69-75H,3-22,25,28-37,39,41-45,47,49-57H2,1-2H3,(H,68,76)/b24-23-,27-26-,40-38+,48-46+. The van der Waals surface area contributed by atoms with Gasteiger partial charge in [-0.2, -0.15) is 0 Å². The lowest BCUT2D eigenvalue weighted by Crippen LogP contribution is -2.60. The highest BCUT2D eigenvalue weighted by Crippen LogP contribution is 2.23. The van der Waals surface area contributed by atoms with E-state index >= 15 is 0 Å². The number of aliphatic hydroxyl groups is 7. The summed E-state index contributed by atoms with van der Waals surface area (Å²) in [5.41, 5.74) is 0. The van der Waals surface area contributed by atoms with Crippen LogP contribution in [0.1, 0.15) is 303 Å². The molecule has 11 nitrogen and oxygen atoms in total. The second kappa shape index (κ2) is 55.6. The second-order valence-electron chi connectivity index (χ2n) is 23.2. The molecule has 0 spiro atoms. The second-order valence-corrected chi connectivity index (χ2v) is 23.2. The van der Waals surface area contributed by atoms with Gasteiger partial charge in [-0.3, -0.25) is 4.79 Å². The summed E-state index contributed by atoms with van der Waals surface area (Å²) in [5.74, 6) is -0.708. The van der Waals surface area contributed by atoms with Crippen LogP contribution in [0.25, 0.3) is 0 Å². The van der Waals surface area contributed by atoms with E-state index in [1.807, 2.05) is 0 Å². The fraction of sp³-hybridized carbons (Fsp3) is 0.866.